The van der Waals surface area contributed by atoms with Gasteiger partial charge in [-0.1, -0.05) is 60.6 Å². The molecule has 0 bridgehead atoms. The molecule has 5 aliphatic carbocycles. The summed E-state index contributed by atoms with van der Waals surface area (Å²) in [5.41, 5.74) is -0.409. The van der Waals surface area contributed by atoms with E-state index in [1.165, 1.54) is 0 Å². The fourth-order valence-corrected chi connectivity index (χ4v) is 12.1. The number of carboxylic acid groups (broad SMARTS) is 1. The summed E-state index contributed by atoms with van der Waals surface area (Å²) < 4.78 is 12.2. The van der Waals surface area contributed by atoms with Gasteiger partial charge < -0.3 is 29.9 Å². The maximum absolute atomic E-state index is 12.9. The minimum Gasteiger partial charge on any atom is -0.481 e. The van der Waals surface area contributed by atoms with E-state index < -0.39 is 36.0 Å². The number of aliphatic carboxylic acids is 1. The number of fused-ring (bicyclic) bond motifs is 7. The molecule has 5 fully saturated rings. The van der Waals surface area contributed by atoms with Gasteiger partial charge in [-0.15, -0.1) is 0 Å². The summed E-state index contributed by atoms with van der Waals surface area (Å²) in [6, 6.07) is 0. The van der Waals surface area contributed by atoms with Crippen molar-refractivity contribution in [2.24, 2.45) is 56.2 Å². The van der Waals surface area contributed by atoms with Crippen LogP contribution in [0.1, 0.15) is 106 Å². The van der Waals surface area contributed by atoms with Crippen molar-refractivity contribution in [1.29, 1.82) is 0 Å². The van der Waals surface area contributed by atoms with Crippen molar-refractivity contribution >= 4 is 5.97 Å². The Morgan fingerprint density at radius 2 is 1.57 bits per heavy atom. The van der Waals surface area contributed by atoms with Crippen LogP contribution in [0, 0.1) is 56.2 Å². The Morgan fingerprint density at radius 1 is 0.881 bits per heavy atom. The highest BCUT2D eigenvalue weighted by molar-refractivity contribution is 5.75. The summed E-state index contributed by atoms with van der Waals surface area (Å²) >= 11 is 0. The molecule has 1 heterocycles. The van der Waals surface area contributed by atoms with Gasteiger partial charge in [0.25, 0.3) is 0 Å². The van der Waals surface area contributed by atoms with Crippen LogP contribution >= 0.6 is 0 Å². The van der Waals surface area contributed by atoms with Crippen LogP contribution in [0.4, 0.5) is 0 Å². The number of allylic oxidation sites excluding steroid dienone is 2. The molecule has 4 saturated carbocycles. The maximum Gasteiger partial charge on any atom is 0.309 e. The van der Waals surface area contributed by atoms with Gasteiger partial charge in [0.2, 0.25) is 0 Å². The van der Waals surface area contributed by atoms with Crippen LogP contribution in [-0.4, -0.2) is 63.7 Å². The van der Waals surface area contributed by atoms with Crippen LogP contribution in [0.5, 0.6) is 0 Å². The van der Waals surface area contributed by atoms with Crippen molar-refractivity contribution in [3.63, 3.8) is 0 Å². The molecule has 6 aliphatic rings. The molecule has 238 valence electrons. The second kappa shape index (κ2) is 9.75. The Labute approximate surface area is 252 Å². The lowest BCUT2D eigenvalue weighted by atomic mass is 9.33. The van der Waals surface area contributed by atoms with Crippen molar-refractivity contribution in [2.75, 3.05) is 6.61 Å². The van der Waals surface area contributed by atoms with Crippen molar-refractivity contribution in [2.45, 2.75) is 137 Å². The van der Waals surface area contributed by atoms with Crippen molar-refractivity contribution < 1.29 is 34.7 Å². The zero-order valence-corrected chi connectivity index (χ0v) is 26.9. The van der Waals surface area contributed by atoms with Crippen molar-refractivity contribution in [1.82, 2.24) is 0 Å². The molecule has 0 aromatic rings. The molecule has 0 amide bonds. The molecule has 0 spiro atoms. The molecule has 13 atom stereocenters. The highest BCUT2D eigenvalue weighted by Crippen LogP contribution is 2.75. The second-order valence-electron chi connectivity index (χ2n) is 17.4. The van der Waals surface area contributed by atoms with Crippen molar-refractivity contribution in [3.05, 3.63) is 12.2 Å². The first-order valence-corrected chi connectivity index (χ1v) is 16.7. The lowest BCUT2D eigenvalue weighted by Crippen LogP contribution is -2.66. The van der Waals surface area contributed by atoms with Gasteiger partial charge in [0.15, 0.2) is 6.29 Å². The smallest absolute Gasteiger partial charge is 0.309 e. The van der Waals surface area contributed by atoms with E-state index in [1.54, 1.807) is 0 Å². The highest BCUT2D eigenvalue weighted by atomic mass is 16.7. The average Bonchev–Trinajstić information content (AvgIpc) is 3.18. The van der Waals surface area contributed by atoms with E-state index in [2.05, 4.69) is 60.6 Å². The van der Waals surface area contributed by atoms with Gasteiger partial charge in [0, 0.05) is 0 Å². The molecule has 4 N–H and O–H groups in total. The molecule has 6 rings (SSSR count). The maximum atomic E-state index is 12.9. The molecule has 0 aromatic carbocycles. The van der Waals surface area contributed by atoms with Crippen LogP contribution in [-0.2, 0) is 14.3 Å². The number of aliphatic hydroxyl groups excluding tert-OH is 3. The molecule has 7 nitrogen and oxygen atoms in total. The third kappa shape index (κ3) is 4.05. The fourth-order valence-electron chi connectivity index (χ4n) is 12.1. The number of rotatable bonds is 4. The van der Waals surface area contributed by atoms with Crippen LogP contribution in [0.2, 0.25) is 0 Å². The summed E-state index contributed by atoms with van der Waals surface area (Å²) in [5.74, 6) is 0.680. The second-order valence-corrected chi connectivity index (χ2v) is 17.4. The van der Waals surface area contributed by atoms with Gasteiger partial charge in [-0.3, -0.25) is 4.79 Å². The molecule has 42 heavy (non-hydrogen) atoms. The number of hydrogen-bond acceptors (Lipinski definition) is 6. The van der Waals surface area contributed by atoms with Crippen LogP contribution in [0.25, 0.3) is 0 Å². The summed E-state index contributed by atoms with van der Waals surface area (Å²) in [6.07, 6.45) is 9.35. The Kier molecular flexibility index (Phi) is 7.20. The first-order chi connectivity index (χ1) is 19.5. The van der Waals surface area contributed by atoms with E-state index in [4.69, 9.17) is 9.47 Å². The quantitative estimate of drug-likeness (QED) is 0.318. The van der Waals surface area contributed by atoms with Gasteiger partial charge >= 0.3 is 5.97 Å². The number of hydrogen-bond donors (Lipinski definition) is 4. The first-order valence-electron chi connectivity index (χ1n) is 16.7. The van der Waals surface area contributed by atoms with Gasteiger partial charge in [-0.25, -0.2) is 0 Å². The predicted octanol–water partition coefficient (Wildman–Crippen LogP) is 5.55. The lowest BCUT2D eigenvalue weighted by Gasteiger charge is -2.71. The van der Waals surface area contributed by atoms with Gasteiger partial charge in [-0.05, 0) is 109 Å². The minimum absolute atomic E-state index is 0.0478. The molecule has 1 aliphatic heterocycles. The summed E-state index contributed by atoms with van der Waals surface area (Å²) in [6.45, 7) is 16.4. The van der Waals surface area contributed by atoms with Crippen LogP contribution in [0.3, 0.4) is 0 Å². The van der Waals surface area contributed by atoms with Gasteiger partial charge in [-0.2, -0.15) is 0 Å². The standard InChI is InChI=1S/C35H56O7/c1-30(2)14-16-35(29(39)40)17-15-33(6)20(21(35)18-30)8-9-24-32(5)12-11-25(31(3,4)23(32)10-13-34(24,33)7)42-28-27(38)26(37)22(19-36)41-28/h8-9,20-28,36-38H,10-19H2,1-7H3,(H,39,40)/t20-,21+,22-,23+,24-,25+,26-,27+,28-,32+,33-,34-,35+/m1/s1. The first kappa shape index (κ1) is 31.0. The average molecular weight is 589 g/mol. The van der Waals surface area contributed by atoms with E-state index in [0.717, 1.165) is 57.8 Å². The topological polar surface area (TPSA) is 116 Å². The predicted molar refractivity (Wildman–Crippen MR) is 159 cm³/mol. The highest BCUT2D eigenvalue weighted by Gasteiger charge is 2.70. The van der Waals surface area contributed by atoms with Gasteiger partial charge in [0.1, 0.15) is 18.3 Å². The number of ether oxygens (including phenoxy) is 2. The van der Waals surface area contributed by atoms with E-state index in [1.807, 2.05) is 0 Å². The third-order valence-corrected chi connectivity index (χ3v) is 14.8. The molecule has 0 aromatic heterocycles. The number of aliphatic hydroxyl groups is 3. The number of carboxylic acids is 1. The Hall–Kier alpha value is -0.990. The lowest BCUT2D eigenvalue weighted by molar-refractivity contribution is -0.261. The molecule has 0 unspecified atom stereocenters. The summed E-state index contributed by atoms with van der Waals surface area (Å²) in [4.78, 5) is 12.9. The third-order valence-electron chi connectivity index (χ3n) is 14.8. The van der Waals surface area contributed by atoms with E-state index in [0.29, 0.717) is 11.8 Å². The Morgan fingerprint density at radius 3 is 2.21 bits per heavy atom. The van der Waals surface area contributed by atoms with Crippen LogP contribution in [0.15, 0.2) is 12.2 Å². The Balaban J connectivity index is 1.30. The molecule has 1 saturated heterocycles. The zero-order chi connectivity index (χ0) is 30.7. The fraction of sp³-hybridized carbons (Fsp3) is 0.914. The molecular formula is C35H56O7. The normalized spacial score (nSPS) is 54.3. The zero-order valence-electron chi connectivity index (χ0n) is 26.9. The SMILES string of the molecule is CC1(C)CC[C@]2(C(=O)O)CC[C@]3(C)[C@H](C=C[C@@H]4[C@@]5(C)CC[C@H](O[C@H]6O[C@H](CO)[C@@H](O)[C@@H]6O)C(C)(C)[C@@H]5CC[C@]43C)[C@@H]2C1. The summed E-state index contributed by atoms with van der Waals surface area (Å²) in [5, 5.41) is 41.0. The monoisotopic (exact) mass is 588 g/mol. The van der Waals surface area contributed by atoms with E-state index in [-0.39, 0.29) is 51.6 Å². The molecular weight excluding hydrogens is 532 g/mol. The Bertz CT molecular complexity index is 1120. The van der Waals surface area contributed by atoms with Crippen LogP contribution < -0.4 is 0 Å². The summed E-state index contributed by atoms with van der Waals surface area (Å²) in [7, 11) is 0. The largest absolute Gasteiger partial charge is 0.481 e. The van der Waals surface area contributed by atoms with E-state index >= 15 is 0 Å². The minimum atomic E-state index is -1.17. The molecule has 7 heteroatoms. The molecule has 0 radical (unpaired) electrons. The van der Waals surface area contributed by atoms with E-state index in [9.17, 15) is 25.2 Å². The van der Waals surface area contributed by atoms with Gasteiger partial charge in [0.05, 0.1) is 18.1 Å². The van der Waals surface area contributed by atoms with Crippen molar-refractivity contribution in [3.8, 4) is 0 Å². The number of carbonyl (C=O) groups is 1.